The maximum atomic E-state index is 15.4. The highest BCUT2D eigenvalue weighted by molar-refractivity contribution is 6.12. The Bertz CT molecular complexity index is 3520. The predicted molar refractivity (Wildman–Crippen MR) is 308 cm³/mol. The van der Waals surface area contributed by atoms with Gasteiger partial charge < -0.3 is 56.4 Å². The number of aliphatic hydroxyl groups is 1. The highest BCUT2D eigenvalue weighted by Crippen LogP contribution is 2.46. The van der Waals surface area contributed by atoms with Crippen LogP contribution in [-0.2, 0) is 93.8 Å². The van der Waals surface area contributed by atoms with Gasteiger partial charge in [0.1, 0.15) is 30.1 Å². The van der Waals surface area contributed by atoms with Gasteiger partial charge in [0.2, 0.25) is 41.4 Å². The molecule has 0 fully saturated rings. The average molecular weight is 1200 g/mol. The van der Waals surface area contributed by atoms with E-state index in [-0.39, 0.29) is 75.4 Å². The first-order chi connectivity index (χ1) is 41.3. The summed E-state index contributed by atoms with van der Waals surface area (Å²) in [6.07, 6.45) is 3.91. The van der Waals surface area contributed by atoms with Crippen molar-refractivity contribution < 1.29 is 71.7 Å². The Morgan fingerprint density at radius 3 is 2.14 bits per heavy atom. The average Bonchev–Trinajstić information content (AvgIpc) is 1.68. The molecule has 26 heteroatoms. The van der Waals surface area contributed by atoms with Gasteiger partial charge in [-0.2, -0.15) is 0 Å². The van der Waals surface area contributed by atoms with Crippen molar-refractivity contribution in [3.05, 3.63) is 110 Å². The minimum atomic E-state index is -2.06. The standard InChI is InChI=1S/C61H71FN10O15/c1-6-61(85)38-25-44-55-36(31-72(44)58(83)37(38)32-86-59(61)84)54-40(19-18-35-33(2)39(62)26-41(70-55)53(35)54)67-46(74)17-13-22-63-47(75)28-65-56(81)42(24-34-14-9-7-10-15-34)69-49(77)30-64-48(76)29-66-57(82)43(27-52(80)87-60(3,4)5)68-45(73)16-11-8-12-23-71-50(78)20-21-51(71)79/h7,9-10,14-15,20-21,25-26,40,42-43,85H,6,8,11-13,16-19,22-24,27-32H2,1-5H3,(H,63,75)(H,64,76)(H,65,81)(H,66,82)(H,67,74)(H,68,73)(H,69,77)/t40-,42-,43-,61-/m0/s1. The first-order valence-electron chi connectivity index (χ1n) is 28.9. The second kappa shape index (κ2) is 27.4. The smallest absolute Gasteiger partial charge is 0.343 e. The van der Waals surface area contributed by atoms with E-state index < -0.39 is 126 Å². The third-order valence-electron chi connectivity index (χ3n) is 15.5. The van der Waals surface area contributed by atoms with Crippen molar-refractivity contribution in [1.82, 2.24) is 51.7 Å². The van der Waals surface area contributed by atoms with Gasteiger partial charge >= 0.3 is 11.9 Å². The van der Waals surface area contributed by atoms with Crippen molar-refractivity contribution in [3.63, 3.8) is 0 Å². The number of benzene rings is 2. The fourth-order valence-corrected chi connectivity index (χ4v) is 11.0. The number of aromatic nitrogens is 2. The van der Waals surface area contributed by atoms with Crippen LogP contribution < -0.4 is 42.8 Å². The number of halogens is 1. The van der Waals surface area contributed by atoms with E-state index in [2.05, 4.69) is 37.2 Å². The third-order valence-corrected chi connectivity index (χ3v) is 15.5. The van der Waals surface area contributed by atoms with Crippen molar-refractivity contribution in [2.24, 2.45) is 0 Å². The number of rotatable bonds is 26. The number of pyridine rings is 2. The second-order valence-corrected chi connectivity index (χ2v) is 22.8. The molecule has 9 amide bonds. The van der Waals surface area contributed by atoms with Crippen molar-refractivity contribution >= 4 is 76.0 Å². The van der Waals surface area contributed by atoms with Crippen LogP contribution in [0.25, 0.3) is 22.3 Å². The Balaban J connectivity index is 0.804. The van der Waals surface area contributed by atoms with Crippen molar-refractivity contribution in [2.75, 3.05) is 32.7 Å². The van der Waals surface area contributed by atoms with E-state index in [1.54, 1.807) is 71.0 Å². The first kappa shape index (κ1) is 63.8. The highest BCUT2D eigenvalue weighted by atomic mass is 19.1. The second-order valence-electron chi connectivity index (χ2n) is 22.8. The summed E-state index contributed by atoms with van der Waals surface area (Å²) in [5.41, 5.74) is 1.02. The van der Waals surface area contributed by atoms with Gasteiger partial charge in [-0.25, -0.2) is 14.2 Å². The molecule has 4 aliphatic rings. The van der Waals surface area contributed by atoms with E-state index in [9.17, 15) is 62.6 Å². The molecule has 0 bridgehead atoms. The molecule has 87 heavy (non-hydrogen) atoms. The summed E-state index contributed by atoms with van der Waals surface area (Å²) in [7, 11) is 0. The number of nitrogens with zero attached hydrogens (tertiary/aromatic N) is 3. The summed E-state index contributed by atoms with van der Waals surface area (Å²) in [4.78, 5) is 162. The Labute approximate surface area is 499 Å². The molecule has 25 nitrogen and oxygen atoms in total. The Kier molecular flexibility index (Phi) is 20.1. The number of amides is 9. The summed E-state index contributed by atoms with van der Waals surface area (Å²) >= 11 is 0. The highest BCUT2D eigenvalue weighted by Gasteiger charge is 2.46. The van der Waals surface area contributed by atoms with Gasteiger partial charge in [0.05, 0.1) is 61.1 Å². The molecule has 462 valence electrons. The van der Waals surface area contributed by atoms with Crippen molar-refractivity contribution in [2.45, 2.75) is 148 Å². The lowest BCUT2D eigenvalue weighted by Crippen LogP contribution is -2.53. The molecule has 8 N–H and O–H groups in total. The van der Waals surface area contributed by atoms with Crippen LogP contribution >= 0.6 is 0 Å². The van der Waals surface area contributed by atoms with Gasteiger partial charge in [-0.05, 0) is 94.5 Å². The SMILES string of the molecule is CC[C@@]1(O)C(=O)OCc2c1cc1n(c2=O)Cc2c-1nc1cc(F)c(C)c3c1c2[C@@H](NC(=O)CCCNC(=O)CNC(=O)[C@H](Cc1ccccc1)NC(=O)CNC(=O)CNC(=O)[C@H](CC(=O)OC(C)(C)C)NC(=O)CCCCCN1C(=O)C=CC1=O)CC3. The van der Waals surface area contributed by atoms with Gasteiger partial charge in [-0.3, -0.25) is 57.6 Å². The molecule has 5 heterocycles. The fraction of sp³-hybridized carbons (Fsp3) is 0.459. The molecular formula is C61H71FN10O15. The summed E-state index contributed by atoms with van der Waals surface area (Å²) in [5, 5.41) is 30.1. The van der Waals surface area contributed by atoms with E-state index in [0.29, 0.717) is 76.6 Å². The van der Waals surface area contributed by atoms with Crippen LogP contribution in [0.15, 0.2) is 59.4 Å². The van der Waals surface area contributed by atoms with Gasteiger partial charge in [-0.1, -0.05) is 43.7 Å². The molecule has 4 atom stereocenters. The zero-order valence-electron chi connectivity index (χ0n) is 49.0. The van der Waals surface area contributed by atoms with Crippen molar-refractivity contribution in [1.29, 1.82) is 0 Å². The maximum Gasteiger partial charge on any atom is 0.343 e. The molecule has 0 saturated heterocycles. The summed E-state index contributed by atoms with van der Waals surface area (Å²) in [6, 6.07) is 8.33. The summed E-state index contributed by atoms with van der Waals surface area (Å²) in [5.74, 6) is -7.73. The van der Waals surface area contributed by atoms with Crippen LogP contribution in [0.4, 0.5) is 4.39 Å². The lowest BCUT2D eigenvalue weighted by atomic mass is 9.81. The number of fused-ring (bicyclic) bond motifs is 5. The number of nitrogens with one attached hydrogen (secondary N) is 7. The normalized spacial score (nSPS) is 17.0. The number of hydrogen-bond donors (Lipinski definition) is 8. The van der Waals surface area contributed by atoms with Crippen LogP contribution in [0.1, 0.15) is 130 Å². The van der Waals surface area contributed by atoms with E-state index >= 15 is 4.39 Å². The predicted octanol–water partition coefficient (Wildman–Crippen LogP) is 1.31. The Hall–Kier alpha value is -9.20. The van der Waals surface area contributed by atoms with E-state index in [4.69, 9.17) is 14.5 Å². The number of esters is 2. The lowest BCUT2D eigenvalue weighted by molar-refractivity contribution is -0.172. The molecule has 0 unspecified atom stereocenters. The largest absolute Gasteiger partial charge is 0.460 e. The van der Waals surface area contributed by atoms with Gasteiger partial charge in [0, 0.05) is 67.1 Å². The monoisotopic (exact) mass is 1200 g/mol. The van der Waals surface area contributed by atoms with Crippen LogP contribution in [0.2, 0.25) is 0 Å². The van der Waals surface area contributed by atoms with Gasteiger partial charge in [0.15, 0.2) is 5.60 Å². The molecule has 4 aromatic rings. The number of hydrogen-bond acceptors (Lipinski definition) is 16. The molecular weight excluding hydrogens is 1130 g/mol. The number of cyclic esters (lactones) is 1. The van der Waals surface area contributed by atoms with Crippen LogP contribution in [0.3, 0.4) is 0 Å². The van der Waals surface area contributed by atoms with Crippen LogP contribution in [-0.4, -0.2) is 135 Å². The number of carbonyl (C=O) groups excluding carboxylic acids is 11. The fourth-order valence-electron chi connectivity index (χ4n) is 11.0. The Morgan fingerprint density at radius 2 is 1.45 bits per heavy atom. The zero-order chi connectivity index (χ0) is 62.9. The first-order valence-corrected chi connectivity index (χ1v) is 28.9. The van der Waals surface area contributed by atoms with Crippen LogP contribution in [0.5, 0.6) is 0 Å². The third kappa shape index (κ3) is 15.3. The molecule has 8 rings (SSSR count). The molecule has 3 aliphatic heterocycles. The maximum absolute atomic E-state index is 15.4. The molecule has 2 aromatic carbocycles. The minimum Gasteiger partial charge on any atom is -0.460 e. The van der Waals surface area contributed by atoms with E-state index in [1.165, 1.54) is 22.8 Å². The molecule has 1 aliphatic carbocycles. The minimum absolute atomic E-state index is 0.00660. The van der Waals surface area contributed by atoms with E-state index in [0.717, 1.165) is 10.5 Å². The number of aryl methyl sites for hydroxylation is 1. The van der Waals surface area contributed by atoms with Crippen molar-refractivity contribution in [3.8, 4) is 11.4 Å². The number of imide groups is 1. The van der Waals surface area contributed by atoms with E-state index in [1.807, 2.05) is 0 Å². The topological polar surface area (TPSA) is 349 Å². The number of carbonyl (C=O) groups is 11. The molecule has 0 spiro atoms. The lowest BCUT2D eigenvalue weighted by Gasteiger charge is -2.31. The summed E-state index contributed by atoms with van der Waals surface area (Å²) in [6.45, 7) is 6.30. The summed E-state index contributed by atoms with van der Waals surface area (Å²) < 4.78 is 27.5. The Morgan fingerprint density at radius 1 is 0.793 bits per heavy atom. The molecule has 2 aromatic heterocycles. The van der Waals surface area contributed by atoms with Gasteiger partial charge in [0.25, 0.3) is 17.4 Å². The molecule has 0 saturated carbocycles. The number of ether oxygens (including phenoxy) is 2. The molecule has 0 radical (unpaired) electrons. The van der Waals surface area contributed by atoms with Crippen LogP contribution in [0, 0.1) is 12.7 Å². The van der Waals surface area contributed by atoms with Gasteiger partial charge in [-0.15, -0.1) is 0 Å². The quantitative estimate of drug-likeness (QED) is 0.0220. The number of unbranched alkanes of at least 4 members (excludes halogenated alkanes) is 2. The zero-order valence-corrected chi connectivity index (χ0v) is 49.0.